The summed E-state index contributed by atoms with van der Waals surface area (Å²) < 4.78 is 11.5. The number of carbonyl (C=O) groups excluding carboxylic acids is 2. The maximum Gasteiger partial charge on any atom is 0.338 e. The number of hydrogen-bond acceptors (Lipinski definition) is 4. The molecular formula is C22H21BrO4. The fraction of sp³-hybridized carbons (Fsp3) is 0.273. The van der Waals surface area contributed by atoms with Crippen LogP contribution in [0.25, 0.3) is 10.8 Å². The molecule has 1 unspecified atom stereocenters. The van der Waals surface area contributed by atoms with Crippen molar-refractivity contribution in [3.05, 3.63) is 59.7 Å². The SMILES string of the molecule is C=C(C)C(=O)Oc1c2c(c(OC(=O)C(=C)C)c3ccccc13)C(Br)CCC2. The maximum absolute atomic E-state index is 12.3. The van der Waals surface area contributed by atoms with Crippen LogP contribution in [0.5, 0.6) is 11.5 Å². The predicted octanol–water partition coefficient (Wildman–Crippen LogP) is 5.58. The molecule has 140 valence electrons. The fourth-order valence-electron chi connectivity index (χ4n) is 3.21. The molecule has 0 aliphatic heterocycles. The van der Waals surface area contributed by atoms with E-state index < -0.39 is 11.9 Å². The van der Waals surface area contributed by atoms with E-state index in [1.807, 2.05) is 24.3 Å². The monoisotopic (exact) mass is 428 g/mol. The molecule has 4 nitrogen and oxygen atoms in total. The maximum atomic E-state index is 12.3. The lowest BCUT2D eigenvalue weighted by atomic mass is 9.87. The lowest BCUT2D eigenvalue weighted by molar-refractivity contribution is -0.131. The summed E-state index contributed by atoms with van der Waals surface area (Å²) >= 11 is 3.71. The van der Waals surface area contributed by atoms with Gasteiger partial charge in [0.15, 0.2) is 0 Å². The number of carbonyl (C=O) groups is 2. The molecule has 0 heterocycles. The highest BCUT2D eigenvalue weighted by molar-refractivity contribution is 9.09. The van der Waals surface area contributed by atoms with Crippen molar-refractivity contribution in [2.45, 2.75) is 37.9 Å². The number of hydrogen-bond donors (Lipinski definition) is 0. The highest BCUT2D eigenvalue weighted by Crippen LogP contribution is 2.50. The van der Waals surface area contributed by atoms with E-state index in [1.54, 1.807) is 13.8 Å². The summed E-state index contributed by atoms with van der Waals surface area (Å²) in [6.45, 7) is 10.6. The molecule has 0 saturated heterocycles. The van der Waals surface area contributed by atoms with Crippen molar-refractivity contribution in [1.29, 1.82) is 0 Å². The Morgan fingerprint density at radius 1 is 1.00 bits per heavy atom. The molecule has 27 heavy (non-hydrogen) atoms. The number of fused-ring (bicyclic) bond motifs is 2. The number of rotatable bonds is 4. The first kappa shape index (κ1) is 19.4. The Balaban J connectivity index is 2.31. The van der Waals surface area contributed by atoms with Crippen LogP contribution in [0.15, 0.2) is 48.6 Å². The van der Waals surface area contributed by atoms with Crippen LogP contribution >= 0.6 is 15.9 Å². The second-order valence-electron chi connectivity index (χ2n) is 6.80. The third-order valence-corrected chi connectivity index (χ3v) is 5.46. The second kappa shape index (κ2) is 7.69. The molecule has 0 aromatic heterocycles. The molecule has 2 aromatic carbocycles. The largest absolute Gasteiger partial charge is 0.422 e. The summed E-state index contributed by atoms with van der Waals surface area (Å²) in [4.78, 5) is 24.5. The van der Waals surface area contributed by atoms with Gasteiger partial charge in [-0.15, -0.1) is 0 Å². The molecule has 5 heteroatoms. The Labute approximate surface area is 167 Å². The van der Waals surface area contributed by atoms with Gasteiger partial charge in [-0.25, -0.2) is 9.59 Å². The molecule has 0 spiro atoms. The van der Waals surface area contributed by atoms with Crippen LogP contribution in [-0.4, -0.2) is 11.9 Å². The van der Waals surface area contributed by atoms with E-state index in [0.29, 0.717) is 22.6 Å². The van der Waals surface area contributed by atoms with Crippen LogP contribution in [0.1, 0.15) is 42.6 Å². The lowest BCUT2D eigenvalue weighted by Gasteiger charge is -2.27. The van der Waals surface area contributed by atoms with Gasteiger partial charge in [0.25, 0.3) is 0 Å². The molecule has 0 radical (unpaired) electrons. The quantitative estimate of drug-likeness (QED) is 0.276. The van der Waals surface area contributed by atoms with E-state index in [0.717, 1.165) is 41.2 Å². The van der Waals surface area contributed by atoms with Crippen molar-refractivity contribution in [2.24, 2.45) is 0 Å². The van der Waals surface area contributed by atoms with Crippen molar-refractivity contribution in [3.63, 3.8) is 0 Å². The summed E-state index contributed by atoms with van der Waals surface area (Å²) in [5.41, 5.74) is 2.41. The molecular weight excluding hydrogens is 408 g/mol. The third-order valence-electron chi connectivity index (χ3n) is 4.54. The lowest BCUT2D eigenvalue weighted by Crippen LogP contribution is -2.17. The van der Waals surface area contributed by atoms with E-state index in [1.165, 1.54) is 0 Å². The van der Waals surface area contributed by atoms with Gasteiger partial charge in [0.05, 0.1) is 0 Å². The van der Waals surface area contributed by atoms with Gasteiger partial charge in [-0.1, -0.05) is 53.4 Å². The van der Waals surface area contributed by atoms with Gasteiger partial charge in [-0.05, 0) is 33.1 Å². The zero-order valence-corrected chi connectivity index (χ0v) is 17.0. The summed E-state index contributed by atoms with van der Waals surface area (Å²) in [6.07, 6.45) is 2.57. The van der Waals surface area contributed by atoms with Gasteiger partial charge in [0, 0.05) is 37.9 Å². The molecule has 1 aliphatic carbocycles. The van der Waals surface area contributed by atoms with E-state index >= 15 is 0 Å². The number of halogens is 1. The van der Waals surface area contributed by atoms with Crippen molar-refractivity contribution < 1.29 is 19.1 Å². The summed E-state index contributed by atoms with van der Waals surface area (Å²) in [6, 6.07) is 7.46. The summed E-state index contributed by atoms with van der Waals surface area (Å²) in [7, 11) is 0. The van der Waals surface area contributed by atoms with E-state index in [9.17, 15) is 9.59 Å². The molecule has 0 N–H and O–H groups in total. The molecule has 2 aromatic rings. The van der Waals surface area contributed by atoms with Crippen molar-refractivity contribution in [3.8, 4) is 11.5 Å². The minimum Gasteiger partial charge on any atom is -0.422 e. The van der Waals surface area contributed by atoms with Gasteiger partial charge in [0.2, 0.25) is 0 Å². The first-order valence-electron chi connectivity index (χ1n) is 8.78. The van der Waals surface area contributed by atoms with Crippen molar-refractivity contribution in [1.82, 2.24) is 0 Å². The van der Waals surface area contributed by atoms with E-state index in [-0.39, 0.29) is 4.83 Å². The second-order valence-corrected chi connectivity index (χ2v) is 7.90. The third kappa shape index (κ3) is 3.69. The molecule has 3 rings (SSSR count). The Hall–Kier alpha value is -2.40. The van der Waals surface area contributed by atoms with E-state index in [2.05, 4.69) is 29.1 Å². The van der Waals surface area contributed by atoms with Gasteiger partial charge in [0.1, 0.15) is 11.5 Å². The summed E-state index contributed by atoms with van der Waals surface area (Å²) in [5.74, 6) is 0.0863. The number of benzene rings is 2. The van der Waals surface area contributed by atoms with Crippen LogP contribution in [0.2, 0.25) is 0 Å². The van der Waals surface area contributed by atoms with Gasteiger partial charge in [-0.3, -0.25) is 0 Å². The highest BCUT2D eigenvalue weighted by Gasteiger charge is 2.30. The van der Waals surface area contributed by atoms with Crippen molar-refractivity contribution in [2.75, 3.05) is 0 Å². The Kier molecular flexibility index (Phi) is 5.51. The molecule has 0 amide bonds. The number of alkyl halides is 1. The van der Waals surface area contributed by atoms with Crippen molar-refractivity contribution >= 4 is 38.6 Å². The Bertz CT molecular complexity index is 974. The Morgan fingerprint density at radius 2 is 1.52 bits per heavy atom. The highest BCUT2D eigenvalue weighted by atomic mass is 79.9. The van der Waals surface area contributed by atoms with Gasteiger partial charge < -0.3 is 9.47 Å². The van der Waals surface area contributed by atoms with Crippen LogP contribution in [0.4, 0.5) is 0 Å². The van der Waals surface area contributed by atoms with Gasteiger partial charge >= 0.3 is 11.9 Å². The average molecular weight is 429 g/mol. The van der Waals surface area contributed by atoms with E-state index in [4.69, 9.17) is 9.47 Å². The smallest absolute Gasteiger partial charge is 0.338 e. The molecule has 1 aliphatic rings. The number of esters is 2. The zero-order chi connectivity index (χ0) is 19.7. The molecule has 0 fully saturated rings. The van der Waals surface area contributed by atoms with Gasteiger partial charge in [-0.2, -0.15) is 0 Å². The van der Waals surface area contributed by atoms with Crippen LogP contribution in [0, 0.1) is 0 Å². The normalized spacial score (nSPS) is 15.7. The fourth-order valence-corrected chi connectivity index (χ4v) is 4.02. The predicted molar refractivity (Wildman–Crippen MR) is 109 cm³/mol. The summed E-state index contributed by atoms with van der Waals surface area (Å²) in [5, 5.41) is 1.46. The first-order valence-corrected chi connectivity index (χ1v) is 9.69. The minimum absolute atomic E-state index is 0.000979. The molecule has 1 atom stereocenters. The first-order chi connectivity index (χ1) is 12.8. The minimum atomic E-state index is -0.473. The molecule has 0 saturated carbocycles. The van der Waals surface area contributed by atoms with Crippen LogP contribution in [-0.2, 0) is 16.0 Å². The zero-order valence-electron chi connectivity index (χ0n) is 15.4. The topological polar surface area (TPSA) is 52.6 Å². The standard InChI is InChI=1S/C22H21BrO4/c1-12(2)21(24)26-19-14-8-5-6-9-15(14)20(27-22(25)13(3)4)18-16(19)10-7-11-17(18)23/h5-6,8-9,17H,1,3,7,10-11H2,2,4H3. The van der Waals surface area contributed by atoms with Crippen LogP contribution < -0.4 is 9.47 Å². The molecule has 0 bridgehead atoms. The average Bonchev–Trinajstić information content (AvgIpc) is 2.63. The number of ether oxygens (including phenoxy) is 2. The van der Waals surface area contributed by atoms with Crippen LogP contribution in [0.3, 0.4) is 0 Å². The Morgan fingerprint density at radius 3 is 2.07 bits per heavy atom.